The lowest BCUT2D eigenvalue weighted by atomic mass is 10.1. The highest BCUT2D eigenvalue weighted by molar-refractivity contribution is 7.52. The molecule has 13 nitrogen and oxygen atoms in total. The number of benzene rings is 1. The van der Waals surface area contributed by atoms with Crippen molar-refractivity contribution in [3.05, 3.63) is 53.1 Å². The summed E-state index contributed by atoms with van der Waals surface area (Å²) in [6.07, 6.45) is -4.64. The van der Waals surface area contributed by atoms with Crippen LogP contribution in [0.1, 0.15) is 27.0 Å². The Morgan fingerprint density at radius 1 is 1.23 bits per heavy atom. The molecule has 1 fully saturated rings. The fourth-order valence-corrected chi connectivity index (χ4v) is 4.72. The van der Waals surface area contributed by atoms with Gasteiger partial charge in [0.2, 0.25) is 0 Å². The Morgan fingerprint density at radius 2 is 1.91 bits per heavy atom. The molecule has 2 aromatic rings. The van der Waals surface area contributed by atoms with Gasteiger partial charge in [0.05, 0.1) is 12.7 Å². The number of nitrogen functional groups attached to an aromatic ring is 1. The van der Waals surface area contributed by atoms with E-state index in [0.717, 1.165) is 4.57 Å². The second-order valence-corrected chi connectivity index (χ2v) is 9.82. The first kappa shape index (κ1) is 26.8. The average molecular weight is 512 g/mol. The molecule has 0 radical (unpaired) electrons. The molecule has 1 aliphatic rings. The number of aromatic nitrogens is 2. The van der Waals surface area contributed by atoms with Crippen molar-refractivity contribution in [3.63, 3.8) is 0 Å². The van der Waals surface area contributed by atoms with Crippen molar-refractivity contribution in [1.29, 1.82) is 0 Å². The van der Waals surface area contributed by atoms with E-state index >= 15 is 0 Å². The number of nitrogens with zero attached hydrogens (tertiary/aromatic N) is 2. The van der Waals surface area contributed by atoms with Gasteiger partial charge < -0.3 is 29.9 Å². The van der Waals surface area contributed by atoms with E-state index in [4.69, 9.17) is 24.3 Å². The Hall–Kier alpha value is -2.80. The zero-order chi connectivity index (χ0) is 25.8. The highest BCUT2D eigenvalue weighted by Crippen LogP contribution is 2.46. The second-order valence-electron chi connectivity index (χ2n) is 8.12. The normalized spacial score (nSPS) is 24.6. The standard InChI is InChI=1S/C21H29N4O9P/c1-12(2)32-20(28)13(3)24-35(30,34-14-7-5-4-6-8-14)31-11-15-17(26)18(27)19(33-15)25-10-9-16(22)23-21(25)29/h4-10,12-13,15,17-19,26-27H,11H2,1-3H3,(H,24,30)(H2,22,23,29)/t13-,15-,17-,18+,19-,35?/m1/s1. The number of ether oxygens (including phenoxy) is 2. The smallest absolute Gasteiger partial charge is 0.459 e. The number of hydrogen-bond donors (Lipinski definition) is 4. The van der Waals surface area contributed by atoms with Gasteiger partial charge in [0.1, 0.15) is 35.9 Å². The molecular formula is C21H29N4O9P. The summed E-state index contributed by atoms with van der Waals surface area (Å²) in [7, 11) is -4.22. The number of carbonyl (C=O) groups excluding carboxylic acids is 1. The maximum atomic E-state index is 13.5. The summed E-state index contributed by atoms with van der Waals surface area (Å²) in [5, 5.41) is 23.4. The van der Waals surface area contributed by atoms with Crippen molar-refractivity contribution < 1.29 is 38.1 Å². The van der Waals surface area contributed by atoms with E-state index in [0.29, 0.717) is 0 Å². The molecule has 1 aliphatic heterocycles. The zero-order valence-electron chi connectivity index (χ0n) is 19.4. The molecular weight excluding hydrogens is 483 g/mol. The molecule has 3 rings (SSSR count). The van der Waals surface area contributed by atoms with Crippen molar-refractivity contribution in [1.82, 2.24) is 14.6 Å². The second kappa shape index (κ2) is 11.3. The fourth-order valence-electron chi connectivity index (χ4n) is 3.22. The minimum absolute atomic E-state index is 0.0191. The van der Waals surface area contributed by atoms with Gasteiger partial charge in [-0.25, -0.2) is 9.36 Å². The Kier molecular flexibility index (Phi) is 8.65. The van der Waals surface area contributed by atoms with Gasteiger partial charge in [-0.2, -0.15) is 10.1 Å². The van der Waals surface area contributed by atoms with Crippen molar-refractivity contribution >= 4 is 19.5 Å². The first-order valence-corrected chi connectivity index (χ1v) is 12.4. The molecule has 192 valence electrons. The Balaban J connectivity index is 1.75. The van der Waals surface area contributed by atoms with Gasteiger partial charge in [-0.3, -0.25) is 13.9 Å². The molecule has 0 spiro atoms. The summed E-state index contributed by atoms with van der Waals surface area (Å²) in [5.41, 5.74) is 4.69. The predicted octanol–water partition coefficient (Wildman–Crippen LogP) is 0.578. The fraction of sp³-hybridized carbons (Fsp3) is 0.476. The third-order valence-corrected chi connectivity index (χ3v) is 6.54. The lowest BCUT2D eigenvalue weighted by Crippen LogP contribution is -2.38. The highest BCUT2D eigenvalue weighted by atomic mass is 31.2. The van der Waals surface area contributed by atoms with E-state index in [9.17, 15) is 24.4 Å². The van der Waals surface area contributed by atoms with Crippen molar-refractivity contribution in [3.8, 4) is 5.75 Å². The van der Waals surface area contributed by atoms with E-state index in [1.54, 1.807) is 32.0 Å². The predicted molar refractivity (Wildman–Crippen MR) is 123 cm³/mol. The van der Waals surface area contributed by atoms with Crippen LogP contribution in [-0.2, 0) is 23.4 Å². The molecule has 6 atom stereocenters. The highest BCUT2D eigenvalue weighted by Gasteiger charge is 2.45. The summed E-state index contributed by atoms with van der Waals surface area (Å²) < 4.78 is 36.2. The van der Waals surface area contributed by atoms with Crippen molar-refractivity contribution in [2.24, 2.45) is 0 Å². The summed E-state index contributed by atoms with van der Waals surface area (Å²) in [4.78, 5) is 27.9. The molecule has 0 aliphatic carbocycles. The van der Waals surface area contributed by atoms with Gasteiger partial charge in [-0.1, -0.05) is 18.2 Å². The summed E-state index contributed by atoms with van der Waals surface area (Å²) in [6.45, 7) is 4.25. The number of aliphatic hydroxyl groups is 2. The van der Waals surface area contributed by atoms with Crippen LogP contribution < -0.4 is 21.0 Å². The third kappa shape index (κ3) is 6.88. The number of hydrogen-bond acceptors (Lipinski definition) is 11. The number of aliphatic hydroxyl groups excluding tert-OH is 2. The molecule has 35 heavy (non-hydrogen) atoms. The Morgan fingerprint density at radius 3 is 2.54 bits per heavy atom. The number of para-hydroxylation sites is 1. The number of nitrogens with one attached hydrogen (secondary N) is 1. The summed E-state index contributed by atoms with van der Waals surface area (Å²) in [5.74, 6) is -0.504. The van der Waals surface area contributed by atoms with Gasteiger partial charge in [0, 0.05) is 6.20 Å². The SMILES string of the molecule is CC(C)OC(=O)[C@@H](C)NP(=O)(OC[C@H]1O[C@@H](n2ccc(N)nc2=O)[C@@H](O)[C@@H]1O)Oc1ccccc1. The largest absolute Gasteiger partial charge is 0.462 e. The molecule has 1 aromatic carbocycles. The van der Waals surface area contributed by atoms with E-state index in [2.05, 4.69) is 10.1 Å². The van der Waals surface area contributed by atoms with Crippen LogP contribution in [-0.4, -0.2) is 62.8 Å². The summed E-state index contributed by atoms with van der Waals surface area (Å²) in [6, 6.07) is 8.37. The topological polar surface area (TPSA) is 184 Å². The first-order valence-electron chi connectivity index (χ1n) is 10.8. The van der Waals surface area contributed by atoms with Crippen LogP contribution in [0.25, 0.3) is 0 Å². The van der Waals surface area contributed by atoms with Gasteiger partial charge in [-0.05, 0) is 39.0 Å². The monoisotopic (exact) mass is 512 g/mol. The van der Waals surface area contributed by atoms with Gasteiger partial charge in [0.15, 0.2) is 6.23 Å². The van der Waals surface area contributed by atoms with E-state index in [1.165, 1.54) is 31.3 Å². The minimum Gasteiger partial charge on any atom is -0.462 e. The third-order valence-electron chi connectivity index (χ3n) is 4.90. The summed E-state index contributed by atoms with van der Waals surface area (Å²) >= 11 is 0. The first-order chi connectivity index (χ1) is 16.5. The molecule has 14 heteroatoms. The zero-order valence-corrected chi connectivity index (χ0v) is 20.3. The van der Waals surface area contributed by atoms with Crippen LogP contribution in [0.5, 0.6) is 5.75 Å². The maximum absolute atomic E-state index is 13.5. The van der Waals surface area contributed by atoms with Crippen LogP contribution in [0.3, 0.4) is 0 Å². The number of nitrogens with two attached hydrogens (primary N) is 1. The van der Waals surface area contributed by atoms with E-state index in [-0.39, 0.29) is 11.6 Å². The molecule has 0 bridgehead atoms. The number of carbonyl (C=O) groups is 1. The number of rotatable bonds is 10. The average Bonchev–Trinajstić information content (AvgIpc) is 3.06. The van der Waals surface area contributed by atoms with Crippen molar-refractivity contribution in [2.75, 3.05) is 12.3 Å². The maximum Gasteiger partial charge on any atom is 0.459 e. The van der Waals surface area contributed by atoms with E-state index in [1.807, 2.05) is 0 Å². The Labute approximate surface area is 201 Å². The lowest BCUT2D eigenvalue weighted by Gasteiger charge is -2.25. The van der Waals surface area contributed by atoms with Gasteiger partial charge in [-0.15, -0.1) is 0 Å². The number of esters is 1. The van der Waals surface area contributed by atoms with Crippen LogP contribution in [0.4, 0.5) is 5.82 Å². The molecule has 2 heterocycles. The molecule has 5 N–H and O–H groups in total. The lowest BCUT2D eigenvalue weighted by molar-refractivity contribution is -0.149. The minimum atomic E-state index is -4.22. The molecule has 0 saturated carbocycles. The molecule has 1 saturated heterocycles. The van der Waals surface area contributed by atoms with Crippen LogP contribution >= 0.6 is 7.75 Å². The van der Waals surface area contributed by atoms with Crippen LogP contribution in [0.15, 0.2) is 47.4 Å². The van der Waals surface area contributed by atoms with E-state index < -0.39 is 62.7 Å². The number of anilines is 1. The molecule has 1 unspecified atom stereocenters. The Bertz CT molecular complexity index is 1110. The molecule has 1 aromatic heterocycles. The molecule has 0 amide bonds. The quantitative estimate of drug-likeness (QED) is 0.257. The van der Waals surface area contributed by atoms with Crippen LogP contribution in [0.2, 0.25) is 0 Å². The van der Waals surface area contributed by atoms with Gasteiger partial charge >= 0.3 is 19.4 Å². The van der Waals surface area contributed by atoms with Crippen molar-refractivity contribution in [2.45, 2.75) is 57.5 Å². The van der Waals surface area contributed by atoms with Crippen LogP contribution in [0, 0.1) is 0 Å². The van der Waals surface area contributed by atoms with Gasteiger partial charge in [0.25, 0.3) is 0 Å².